The van der Waals surface area contributed by atoms with E-state index in [0.29, 0.717) is 18.1 Å². The molecule has 1 atom stereocenters. The molecule has 0 aliphatic carbocycles. The van der Waals surface area contributed by atoms with E-state index in [1.165, 1.54) is 0 Å². The smallest absolute Gasteiger partial charge is 0.244 e. The molecular formula is C14H15N5O. The van der Waals surface area contributed by atoms with Gasteiger partial charge in [0.15, 0.2) is 0 Å². The van der Waals surface area contributed by atoms with Crippen LogP contribution in [0, 0.1) is 6.92 Å². The van der Waals surface area contributed by atoms with Crippen molar-refractivity contribution in [1.82, 2.24) is 20.1 Å². The van der Waals surface area contributed by atoms with Crippen molar-refractivity contribution in [3.63, 3.8) is 0 Å². The summed E-state index contributed by atoms with van der Waals surface area (Å²) in [6.45, 7) is 2.01. The van der Waals surface area contributed by atoms with Gasteiger partial charge >= 0.3 is 0 Å². The van der Waals surface area contributed by atoms with E-state index in [0.717, 1.165) is 16.8 Å². The number of H-pyrrole nitrogens is 1. The number of aromatic nitrogens is 4. The Morgan fingerprint density at radius 1 is 1.35 bits per heavy atom. The summed E-state index contributed by atoms with van der Waals surface area (Å²) in [5, 5.41) is 4.01. The average Bonchev–Trinajstić information content (AvgIpc) is 3.10. The van der Waals surface area contributed by atoms with Crippen molar-refractivity contribution in [2.75, 3.05) is 0 Å². The van der Waals surface area contributed by atoms with E-state index < -0.39 is 0 Å². The Hall–Kier alpha value is -2.47. The summed E-state index contributed by atoms with van der Waals surface area (Å²) in [5.41, 5.74) is 9.06. The molecule has 3 aromatic rings. The maximum atomic E-state index is 6.07. The van der Waals surface area contributed by atoms with Crippen LogP contribution in [0.1, 0.15) is 23.2 Å². The van der Waals surface area contributed by atoms with Crippen LogP contribution in [-0.4, -0.2) is 20.1 Å². The molecule has 6 nitrogen and oxygen atoms in total. The van der Waals surface area contributed by atoms with E-state index in [1.807, 2.05) is 31.2 Å². The number of nitrogens with zero attached hydrogens (tertiary/aromatic N) is 3. The topological polar surface area (TPSA) is 93.6 Å². The summed E-state index contributed by atoms with van der Waals surface area (Å²) in [5.74, 6) is 0.996. The van der Waals surface area contributed by atoms with E-state index in [4.69, 9.17) is 10.3 Å². The largest absolute Gasteiger partial charge is 0.348 e. The molecule has 0 bridgehead atoms. The Bertz CT molecular complexity index is 689. The number of hydrogen-bond donors (Lipinski definition) is 2. The predicted octanol–water partition coefficient (Wildman–Crippen LogP) is 2.01. The standard InChI is InChI=1S/C14H15N5O/c1-9-4-2-3-5-11(9)13-18-14(20-19-13)12(15)6-10-7-16-8-17-10/h2-5,7-8,12H,6,15H2,1H3,(H,16,17)/t12-/m1/s1. The van der Waals surface area contributed by atoms with Gasteiger partial charge in [-0.2, -0.15) is 4.98 Å². The highest BCUT2D eigenvalue weighted by Crippen LogP contribution is 2.22. The number of aryl methyl sites for hydroxylation is 1. The van der Waals surface area contributed by atoms with E-state index in [1.54, 1.807) is 12.5 Å². The number of imidazole rings is 1. The van der Waals surface area contributed by atoms with E-state index in [2.05, 4.69) is 20.1 Å². The molecule has 2 aromatic heterocycles. The zero-order valence-corrected chi connectivity index (χ0v) is 11.1. The highest BCUT2D eigenvalue weighted by Gasteiger charge is 2.17. The predicted molar refractivity (Wildman–Crippen MR) is 73.7 cm³/mol. The first kappa shape index (κ1) is 12.6. The van der Waals surface area contributed by atoms with Crippen molar-refractivity contribution in [3.05, 3.63) is 53.9 Å². The Labute approximate surface area is 116 Å². The number of benzene rings is 1. The minimum Gasteiger partial charge on any atom is -0.348 e. The first-order chi connectivity index (χ1) is 9.74. The summed E-state index contributed by atoms with van der Waals surface area (Å²) in [6.07, 6.45) is 3.93. The van der Waals surface area contributed by atoms with Crippen molar-refractivity contribution in [2.24, 2.45) is 5.73 Å². The highest BCUT2D eigenvalue weighted by atomic mass is 16.5. The summed E-state index contributed by atoms with van der Waals surface area (Å²) in [4.78, 5) is 11.3. The van der Waals surface area contributed by atoms with Gasteiger partial charge in [-0.15, -0.1) is 0 Å². The molecule has 0 fully saturated rings. The lowest BCUT2D eigenvalue weighted by Gasteiger charge is -2.03. The Morgan fingerprint density at radius 3 is 2.95 bits per heavy atom. The van der Waals surface area contributed by atoms with Crippen LogP contribution >= 0.6 is 0 Å². The monoisotopic (exact) mass is 269 g/mol. The first-order valence-electron chi connectivity index (χ1n) is 6.36. The van der Waals surface area contributed by atoms with Crippen molar-refractivity contribution >= 4 is 0 Å². The van der Waals surface area contributed by atoms with Gasteiger partial charge in [-0.3, -0.25) is 0 Å². The van der Waals surface area contributed by atoms with Gasteiger partial charge in [0.1, 0.15) is 0 Å². The second-order valence-electron chi connectivity index (χ2n) is 4.66. The molecule has 0 aliphatic rings. The molecule has 102 valence electrons. The fourth-order valence-corrected chi connectivity index (χ4v) is 2.04. The zero-order chi connectivity index (χ0) is 13.9. The van der Waals surface area contributed by atoms with Gasteiger partial charge in [0.2, 0.25) is 11.7 Å². The lowest BCUT2D eigenvalue weighted by molar-refractivity contribution is 0.354. The molecule has 3 rings (SSSR count). The van der Waals surface area contributed by atoms with Crippen LogP contribution in [-0.2, 0) is 6.42 Å². The van der Waals surface area contributed by atoms with Crippen molar-refractivity contribution in [3.8, 4) is 11.4 Å². The van der Waals surface area contributed by atoms with Crippen molar-refractivity contribution in [1.29, 1.82) is 0 Å². The number of hydrogen-bond acceptors (Lipinski definition) is 5. The van der Waals surface area contributed by atoms with Gasteiger partial charge in [-0.25, -0.2) is 4.98 Å². The summed E-state index contributed by atoms with van der Waals surface area (Å²) in [7, 11) is 0. The fraction of sp³-hybridized carbons (Fsp3) is 0.214. The van der Waals surface area contributed by atoms with Gasteiger partial charge < -0.3 is 15.2 Å². The number of rotatable bonds is 4. The van der Waals surface area contributed by atoms with Crippen LogP contribution in [0.5, 0.6) is 0 Å². The van der Waals surface area contributed by atoms with Crippen LogP contribution in [0.2, 0.25) is 0 Å². The molecule has 0 aliphatic heterocycles. The van der Waals surface area contributed by atoms with Crippen molar-refractivity contribution < 1.29 is 4.52 Å². The molecule has 1 aromatic carbocycles. The normalized spacial score (nSPS) is 12.5. The molecule has 0 spiro atoms. The van der Waals surface area contributed by atoms with E-state index in [9.17, 15) is 0 Å². The minimum absolute atomic E-state index is 0.347. The number of nitrogens with one attached hydrogen (secondary N) is 1. The lowest BCUT2D eigenvalue weighted by atomic mass is 10.1. The third-order valence-corrected chi connectivity index (χ3v) is 3.14. The van der Waals surface area contributed by atoms with E-state index in [-0.39, 0.29) is 6.04 Å². The maximum Gasteiger partial charge on any atom is 0.244 e. The third-order valence-electron chi connectivity index (χ3n) is 3.14. The molecule has 2 heterocycles. The zero-order valence-electron chi connectivity index (χ0n) is 11.1. The highest BCUT2D eigenvalue weighted by molar-refractivity contribution is 5.58. The van der Waals surface area contributed by atoms with Gasteiger partial charge in [-0.05, 0) is 12.5 Å². The lowest BCUT2D eigenvalue weighted by Crippen LogP contribution is -2.14. The van der Waals surface area contributed by atoms with Crippen LogP contribution in [0.15, 0.2) is 41.3 Å². The molecule has 20 heavy (non-hydrogen) atoms. The van der Waals surface area contributed by atoms with Crippen LogP contribution in [0.4, 0.5) is 0 Å². The SMILES string of the molecule is Cc1ccccc1-c1noc([C@H](N)Cc2cnc[nH]2)n1. The molecular weight excluding hydrogens is 254 g/mol. The number of aromatic amines is 1. The molecule has 0 saturated carbocycles. The fourth-order valence-electron chi connectivity index (χ4n) is 2.04. The van der Waals surface area contributed by atoms with E-state index >= 15 is 0 Å². The van der Waals surface area contributed by atoms with Gasteiger partial charge in [0.25, 0.3) is 0 Å². The van der Waals surface area contributed by atoms with Crippen LogP contribution in [0.25, 0.3) is 11.4 Å². The summed E-state index contributed by atoms with van der Waals surface area (Å²) in [6, 6.07) is 7.55. The molecule has 0 unspecified atom stereocenters. The molecule has 0 amide bonds. The number of nitrogens with two attached hydrogens (primary N) is 1. The summed E-state index contributed by atoms with van der Waals surface area (Å²) >= 11 is 0. The minimum atomic E-state index is -0.347. The molecule has 3 N–H and O–H groups in total. The molecule has 6 heteroatoms. The third kappa shape index (κ3) is 2.46. The van der Waals surface area contributed by atoms with Crippen LogP contribution < -0.4 is 5.73 Å². The Balaban J connectivity index is 1.81. The van der Waals surface area contributed by atoms with Crippen molar-refractivity contribution in [2.45, 2.75) is 19.4 Å². The molecule has 0 radical (unpaired) electrons. The summed E-state index contributed by atoms with van der Waals surface area (Å²) < 4.78 is 5.26. The van der Waals surface area contributed by atoms with Gasteiger partial charge in [-0.1, -0.05) is 29.4 Å². The quantitative estimate of drug-likeness (QED) is 0.755. The average molecular weight is 269 g/mol. The maximum absolute atomic E-state index is 6.07. The van der Waals surface area contributed by atoms with Gasteiger partial charge in [0.05, 0.1) is 12.4 Å². The van der Waals surface area contributed by atoms with Gasteiger partial charge in [0, 0.05) is 23.9 Å². The first-order valence-corrected chi connectivity index (χ1v) is 6.36. The second kappa shape index (κ2) is 5.26. The second-order valence-corrected chi connectivity index (χ2v) is 4.66. The Morgan fingerprint density at radius 2 is 2.20 bits per heavy atom. The molecule has 0 saturated heterocycles. The van der Waals surface area contributed by atoms with Crippen LogP contribution in [0.3, 0.4) is 0 Å². The Kier molecular flexibility index (Phi) is 3.30.